The Labute approximate surface area is 128 Å². The van der Waals surface area contributed by atoms with Crippen LogP contribution in [0.3, 0.4) is 0 Å². The fourth-order valence-corrected chi connectivity index (χ4v) is 3.35. The molecule has 22 heavy (non-hydrogen) atoms. The Hall–Kier alpha value is -2.54. The number of nitrogens with zero attached hydrogens (tertiary/aromatic N) is 4. The van der Waals surface area contributed by atoms with Gasteiger partial charge in [0.05, 0.1) is 16.8 Å². The molecule has 0 radical (unpaired) electrons. The minimum Gasteiger partial charge on any atom is -0.329 e. The molecule has 0 amide bonds. The molecule has 0 aliphatic rings. The molecule has 7 heteroatoms. The topological polar surface area (TPSA) is 77.7 Å². The molecule has 0 N–H and O–H groups in total. The predicted octanol–water partition coefficient (Wildman–Crippen LogP) is 1.81. The lowest BCUT2D eigenvalue weighted by Gasteiger charge is -2.08. The van der Waals surface area contributed by atoms with E-state index >= 15 is 0 Å². The molecule has 0 unspecified atom stereocenters. The quantitative estimate of drug-likeness (QED) is 0.718. The molecule has 0 bridgehead atoms. The van der Waals surface area contributed by atoms with Gasteiger partial charge in [-0.1, -0.05) is 18.2 Å². The number of aromatic nitrogens is 4. The Bertz CT molecular complexity index is 846. The number of hydrogen-bond acceptors (Lipinski definition) is 5. The molecule has 1 aromatic carbocycles. The van der Waals surface area contributed by atoms with E-state index in [0.29, 0.717) is 23.0 Å². The van der Waals surface area contributed by atoms with E-state index in [0.717, 1.165) is 0 Å². The van der Waals surface area contributed by atoms with Gasteiger partial charge in [0.25, 0.3) is 0 Å². The molecule has 0 spiro atoms. The zero-order valence-corrected chi connectivity index (χ0v) is 12.5. The van der Waals surface area contributed by atoms with Crippen LogP contribution in [0.4, 0.5) is 0 Å². The lowest BCUT2D eigenvalue weighted by Crippen LogP contribution is -2.13. The molecule has 2 aromatic heterocycles. The van der Waals surface area contributed by atoms with Crippen molar-refractivity contribution in [3.05, 3.63) is 61.3 Å². The molecule has 3 aromatic rings. The summed E-state index contributed by atoms with van der Waals surface area (Å²) in [6.07, 6.45) is 8.12. The maximum absolute atomic E-state index is 12.3. The number of imidazole rings is 1. The molecule has 6 nitrogen and oxygen atoms in total. The normalized spacial score (nSPS) is 11.5. The van der Waals surface area contributed by atoms with Gasteiger partial charge in [-0.05, 0) is 12.1 Å². The van der Waals surface area contributed by atoms with Crippen molar-refractivity contribution in [3.8, 4) is 11.5 Å². The largest absolute Gasteiger partial charge is 0.329 e. The summed E-state index contributed by atoms with van der Waals surface area (Å²) in [6.45, 7) is 0.309. The average Bonchev–Trinajstić information content (AvgIpc) is 3.03. The summed E-state index contributed by atoms with van der Waals surface area (Å²) in [5.74, 6) is 0.608. The lowest BCUT2D eigenvalue weighted by atomic mass is 10.4. The third-order valence-corrected chi connectivity index (χ3v) is 4.92. The lowest BCUT2D eigenvalue weighted by molar-refractivity contribution is 0.589. The van der Waals surface area contributed by atoms with Gasteiger partial charge in [0.15, 0.2) is 15.7 Å². The standard InChI is InChI=1S/C15H14N4O2S/c20-22(21,13-4-2-1-3-5-13)11-10-19-9-8-18-15(19)14-12-16-6-7-17-14/h1-9,12H,10-11H2. The Kier molecular flexibility index (Phi) is 3.97. The highest BCUT2D eigenvalue weighted by atomic mass is 32.2. The predicted molar refractivity (Wildman–Crippen MR) is 81.7 cm³/mol. The molecule has 2 heterocycles. The van der Waals surface area contributed by atoms with Gasteiger partial charge in [-0.25, -0.2) is 18.4 Å². The van der Waals surface area contributed by atoms with Crippen molar-refractivity contribution in [1.82, 2.24) is 19.5 Å². The van der Waals surface area contributed by atoms with Crippen LogP contribution in [-0.4, -0.2) is 33.7 Å². The fraction of sp³-hybridized carbons (Fsp3) is 0.133. The number of hydrogen-bond donors (Lipinski definition) is 0. The molecule has 0 aliphatic heterocycles. The maximum atomic E-state index is 12.3. The van der Waals surface area contributed by atoms with Crippen LogP contribution in [0.1, 0.15) is 0 Å². The summed E-state index contributed by atoms with van der Waals surface area (Å²) in [5.41, 5.74) is 0.615. The van der Waals surface area contributed by atoms with Crippen LogP contribution in [-0.2, 0) is 16.4 Å². The van der Waals surface area contributed by atoms with Crippen LogP contribution in [0.15, 0.2) is 66.2 Å². The Morgan fingerprint density at radius 3 is 2.55 bits per heavy atom. The van der Waals surface area contributed by atoms with E-state index in [1.54, 1.807) is 65.9 Å². The Balaban J connectivity index is 1.80. The van der Waals surface area contributed by atoms with E-state index in [1.165, 1.54) is 0 Å². The Morgan fingerprint density at radius 2 is 1.82 bits per heavy atom. The van der Waals surface area contributed by atoms with Crippen molar-refractivity contribution in [3.63, 3.8) is 0 Å². The van der Waals surface area contributed by atoms with Crippen LogP contribution in [0.5, 0.6) is 0 Å². The van der Waals surface area contributed by atoms with Crippen LogP contribution in [0, 0.1) is 0 Å². The third-order valence-electron chi connectivity index (χ3n) is 3.21. The molecule has 0 saturated heterocycles. The molecular formula is C15H14N4O2S. The smallest absolute Gasteiger partial charge is 0.180 e. The summed E-state index contributed by atoms with van der Waals surface area (Å²) >= 11 is 0. The fourth-order valence-electron chi connectivity index (χ4n) is 2.10. The van der Waals surface area contributed by atoms with Crippen LogP contribution >= 0.6 is 0 Å². The summed E-state index contributed by atoms with van der Waals surface area (Å²) in [7, 11) is -3.32. The van der Waals surface area contributed by atoms with Crippen molar-refractivity contribution >= 4 is 9.84 Å². The first kappa shape index (κ1) is 14.4. The molecular weight excluding hydrogens is 300 g/mol. The van der Waals surface area contributed by atoms with E-state index in [-0.39, 0.29) is 5.75 Å². The van der Waals surface area contributed by atoms with E-state index in [2.05, 4.69) is 15.0 Å². The van der Waals surface area contributed by atoms with E-state index in [1.807, 2.05) is 0 Å². The van der Waals surface area contributed by atoms with Gasteiger partial charge in [0.1, 0.15) is 5.69 Å². The highest BCUT2D eigenvalue weighted by Crippen LogP contribution is 2.15. The first-order chi connectivity index (χ1) is 10.7. The van der Waals surface area contributed by atoms with Gasteiger partial charge in [-0.3, -0.25) is 4.98 Å². The third kappa shape index (κ3) is 3.04. The minimum absolute atomic E-state index is 0.000630. The number of benzene rings is 1. The van der Waals surface area contributed by atoms with Gasteiger partial charge in [0, 0.05) is 31.3 Å². The highest BCUT2D eigenvalue weighted by molar-refractivity contribution is 7.91. The summed E-state index contributed by atoms with van der Waals surface area (Å²) in [6, 6.07) is 8.44. The van der Waals surface area contributed by atoms with Gasteiger partial charge in [-0.15, -0.1) is 0 Å². The average molecular weight is 314 g/mol. The first-order valence-electron chi connectivity index (χ1n) is 6.72. The van der Waals surface area contributed by atoms with E-state index in [9.17, 15) is 8.42 Å². The molecule has 0 atom stereocenters. The maximum Gasteiger partial charge on any atom is 0.180 e. The molecule has 0 aliphatic carbocycles. The first-order valence-corrected chi connectivity index (χ1v) is 8.37. The van der Waals surface area contributed by atoms with Gasteiger partial charge >= 0.3 is 0 Å². The van der Waals surface area contributed by atoms with Crippen LogP contribution < -0.4 is 0 Å². The summed E-state index contributed by atoms with van der Waals surface area (Å²) in [5, 5.41) is 0. The second-order valence-electron chi connectivity index (χ2n) is 4.67. The van der Waals surface area contributed by atoms with Gasteiger partial charge in [-0.2, -0.15) is 0 Å². The molecule has 3 rings (SSSR count). The van der Waals surface area contributed by atoms with Crippen molar-refractivity contribution in [1.29, 1.82) is 0 Å². The van der Waals surface area contributed by atoms with Crippen LogP contribution in [0.2, 0.25) is 0 Å². The number of sulfone groups is 1. The minimum atomic E-state index is -3.32. The monoisotopic (exact) mass is 314 g/mol. The van der Waals surface area contributed by atoms with Crippen molar-refractivity contribution in [2.24, 2.45) is 0 Å². The summed E-state index contributed by atoms with van der Waals surface area (Å²) < 4.78 is 26.4. The zero-order chi connectivity index (χ0) is 15.4. The molecule has 0 fully saturated rings. The number of aryl methyl sites for hydroxylation is 1. The summed E-state index contributed by atoms with van der Waals surface area (Å²) in [4.78, 5) is 12.7. The van der Waals surface area contributed by atoms with Crippen LogP contribution in [0.25, 0.3) is 11.5 Å². The van der Waals surface area contributed by atoms with Crippen molar-refractivity contribution in [2.75, 3.05) is 5.75 Å². The SMILES string of the molecule is O=S(=O)(CCn1ccnc1-c1cnccn1)c1ccccc1. The van der Waals surface area contributed by atoms with E-state index < -0.39 is 9.84 Å². The molecule has 0 saturated carbocycles. The highest BCUT2D eigenvalue weighted by Gasteiger charge is 2.15. The van der Waals surface area contributed by atoms with E-state index in [4.69, 9.17) is 0 Å². The zero-order valence-electron chi connectivity index (χ0n) is 11.7. The van der Waals surface area contributed by atoms with Crippen molar-refractivity contribution < 1.29 is 8.42 Å². The van der Waals surface area contributed by atoms with Gasteiger partial charge in [0.2, 0.25) is 0 Å². The number of rotatable bonds is 5. The van der Waals surface area contributed by atoms with Gasteiger partial charge < -0.3 is 4.57 Å². The second-order valence-corrected chi connectivity index (χ2v) is 6.78. The van der Waals surface area contributed by atoms with Crippen molar-refractivity contribution in [2.45, 2.75) is 11.4 Å². The Morgan fingerprint density at radius 1 is 1.00 bits per heavy atom. The second kappa shape index (κ2) is 6.07. The molecule has 112 valence electrons.